The first-order valence-electron chi connectivity index (χ1n) is 8.26. The van der Waals surface area contributed by atoms with E-state index in [9.17, 15) is 0 Å². The molecule has 4 nitrogen and oxygen atoms in total. The van der Waals surface area contributed by atoms with Gasteiger partial charge in [-0.25, -0.2) is 0 Å². The van der Waals surface area contributed by atoms with Gasteiger partial charge in [-0.05, 0) is 24.1 Å². The molecular weight excluding hydrogens is 260 g/mol. The van der Waals surface area contributed by atoms with E-state index >= 15 is 0 Å². The van der Waals surface area contributed by atoms with Crippen LogP contribution in [0.4, 0.5) is 0 Å². The van der Waals surface area contributed by atoms with E-state index in [-0.39, 0.29) is 0 Å². The molecule has 0 saturated carbocycles. The maximum Gasteiger partial charge on any atom is 0.0544 e. The minimum atomic E-state index is 0.766. The minimum Gasteiger partial charge on any atom is -0.313 e. The van der Waals surface area contributed by atoms with E-state index < -0.39 is 0 Å². The van der Waals surface area contributed by atoms with Gasteiger partial charge < -0.3 is 10.2 Å². The van der Waals surface area contributed by atoms with Gasteiger partial charge in [0.2, 0.25) is 0 Å². The highest BCUT2D eigenvalue weighted by Crippen LogP contribution is 2.09. The molecule has 0 radical (unpaired) electrons. The topological polar surface area (TPSA) is 31.4 Å². The summed E-state index contributed by atoms with van der Waals surface area (Å²) in [5, 5.41) is 3.33. The molecule has 0 atom stereocenters. The van der Waals surface area contributed by atoms with Gasteiger partial charge in [-0.15, -0.1) is 0 Å². The predicted molar refractivity (Wildman–Crippen MR) is 88.2 cm³/mol. The Labute approximate surface area is 129 Å². The first kappa shape index (κ1) is 16.4. The second-order valence-corrected chi connectivity index (χ2v) is 6.41. The summed E-state index contributed by atoms with van der Waals surface area (Å²) in [6.07, 6.45) is 2.01. The van der Waals surface area contributed by atoms with Gasteiger partial charge in [0.05, 0.1) is 5.69 Å². The third-order valence-corrected chi connectivity index (χ3v) is 3.94. The van der Waals surface area contributed by atoms with Crippen molar-refractivity contribution in [1.29, 1.82) is 0 Å². The van der Waals surface area contributed by atoms with Gasteiger partial charge in [0.15, 0.2) is 0 Å². The van der Waals surface area contributed by atoms with E-state index in [0.717, 1.165) is 38.6 Å². The summed E-state index contributed by atoms with van der Waals surface area (Å²) in [6.45, 7) is 15.5. The summed E-state index contributed by atoms with van der Waals surface area (Å²) in [6, 6.07) is 4.37. The van der Waals surface area contributed by atoms with Crippen LogP contribution >= 0.6 is 0 Å². The highest BCUT2D eigenvalue weighted by atomic mass is 15.3. The Morgan fingerprint density at radius 3 is 2.43 bits per heavy atom. The lowest BCUT2D eigenvalue weighted by Gasteiger charge is -2.35. The highest BCUT2D eigenvalue weighted by molar-refractivity contribution is 5.14. The average molecular weight is 290 g/mol. The smallest absolute Gasteiger partial charge is 0.0544 e. The summed E-state index contributed by atoms with van der Waals surface area (Å²) in [4.78, 5) is 9.69. The lowest BCUT2D eigenvalue weighted by molar-refractivity contribution is 0.116. The molecular formula is C17H30N4. The Morgan fingerprint density at radius 2 is 1.86 bits per heavy atom. The van der Waals surface area contributed by atoms with Crippen LogP contribution in [0.3, 0.4) is 0 Å². The normalized spacial score (nSPS) is 17.5. The third-order valence-electron chi connectivity index (χ3n) is 3.94. The molecule has 1 N–H and O–H groups in total. The average Bonchev–Trinajstić information content (AvgIpc) is 2.48. The van der Waals surface area contributed by atoms with Gasteiger partial charge in [-0.2, -0.15) is 0 Å². The Kier molecular flexibility index (Phi) is 6.61. The molecule has 2 rings (SSSR count). The van der Waals surface area contributed by atoms with Crippen LogP contribution in [0.2, 0.25) is 0 Å². The van der Waals surface area contributed by atoms with Crippen LogP contribution in [0.15, 0.2) is 18.3 Å². The van der Waals surface area contributed by atoms with Crippen molar-refractivity contribution >= 4 is 0 Å². The van der Waals surface area contributed by atoms with Gasteiger partial charge in [-0.1, -0.05) is 26.8 Å². The molecule has 0 amide bonds. The van der Waals surface area contributed by atoms with E-state index in [1.165, 1.54) is 30.9 Å². The summed E-state index contributed by atoms with van der Waals surface area (Å²) >= 11 is 0. The van der Waals surface area contributed by atoms with E-state index in [1.54, 1.807) is 0 Å². The van der Waals surface area contributed by atoms with E-state index in [0.29, 0.717) is 0 Å². The minimum absolute atomic E-state index is 0.766. The lowest BCUT2D eigenvalue weighted by Crippen LogP contribution is -2.46. The third kappa shape index (κ3) is 5.73. The molecule has 0 spiro atoms. The predicted octanol–water partition coefficient (Wildman–Crippen LogP) is 1.96. The molecule has 2 heterocycles. The van der Waals surface area contributed by atoms with Crippen molar-refractivity contribution < 1.29 is 0 Å². The molecule has 0 unspecified atom stereocenters. The zero-order valence-corrected chi connectivity index (χ0v) is 13.8. The number of nitrogens with one attached hydrogen (secondary N) is 1. The second-order valence-electron chi connectivity index (χ2n) is 6.41. The van der Waals surface area contributed by atoms with Gasteiger partial charge in [0.1, 0.15) is 0 Å². The molecule has 21 heavy (non-hydrogen) atoms. The standard InChI is InChI=1S/C17H30N4/c1-4-18-11-16-5-6-17(19-12-16)14-21-9-7-20(8-10-21)13-15(2)3/h5-6,12,15,18H,4,7-11,13-14H2,1-3H3. The zero-order valence-electron chi connectivity index (χ0n) is 13.8. The number of aromatic nitrogens is 1. The number of nitrogens with zero attached hydrogens (tertiary/aromatic N) is 3. The van der Waals surface area contributed by atoms with Crippen molar-refractivity contribution in [3.63, 3.8) is 0 Å². The van der Waals surface area contributed by atoms with Crippen LogP contribution in [-0.2, 0) is 13.1 Å². The quantitative estimate of drug-likeness (QED) is 0.832. The Bertz CT molecular complexity index is 394. The maximum absolute atomic E-state index is 4.60. The lowest BCUT2D eigenvalue weighted by atomic mass is 10.2. The van der Waals surface area contributed by atoms with Crippen LogP contribution < -0.4 is 5.32 Å². The molecule has 1 aromatic rings. The largest absolute Gasteiger partial charge is 0.313 e. The van der Waals surface area contributed by atoms with Crippen molar-refractivity contribution in [3.05, 3.63) is 29.6 Å². The van der Waals surface area contributed by atoms with Gasteiger partial charge in [0, 0.05) is 52.0 Å². The van der Waals surface area contributed by atoms with Gasteiger partial charge in [0.25, 0.3) is 0 Å². The SMILES string of the molecule is CCNCc1ccc(CN2CCN(CC(C)C)CC2)nc1. The number of pyridine rings is 1. The highest BCUT2D eigenvalue weighted by Gasteiger charge is 2.17. The summed E-state index contributed by atoms with van der Waals surface area (Å²) in [5.41, 5.74) is 2.45. The van der Waals surface area contributed by atoms with E-state index in [2.05, 4.69) is 53.0 Å². The van der Waals surface area contributed by atoms with Crippen LogP contribution in [0, 0.1) is 5.92 Å². The second kappa shape index (κ2) is 8.47. The van der Waals surface area contributed by atoms with Crippen LogP contribution in [0.25, 0.3) is 0 Å². The molecule has 1 saturated heterocycles. The summed E-state index contributed by atoms with van der Waals surface area (Å²) in [5.74, 6) is 0.766. The summed E-state index contributed by atoms with van der Waals surface area (Å²) in [7, 11) is 0. The number of piperazine rings is 1. The summed E-state index contributed by atoms with van der Waals surface area (Å²) < 4.78 is 0. The molecule has 1 aromatic heterocycles. The molecule has 4 heteroatoms. The Balaban J connectivity index is 1.75. The molecule has 0 aliphatic carbocycles. The fourth-order valence-electron chi connectivity index (χ4n) is 2.80. The monoisotopic (exact) mass is 290 g/mol. The Hall–Kier alpha value is -0.970. The van der Waals surface area contributed by atoms with Crippen molar-refractivity contribution in [2.45, 2.75) is 33.9 Å². The molecule has 118 valence electrons. The fraction of sp³-hybridized carbons (Fsp3) is 0.706. The van der Waals surface area contributed by atoms with Gasteiger partial charge in [-0.3, -0.25) is 9.88 Å². The Morgan fingerprint density at radius 1 is 1.14 bits per heavy atom. The molecule has 1 aliphatic rings. The van der Waals surface area contributed by atoms with Crippen LogP contribution in [0.1, 0.15) is 32.0 Å². The van der Waals surface area contributed by atoms with Crippen LogP contribution in [0.5, 0.6) is 0 Å². The van der Waals surface area contributed by atoms with E-state index in [1.807, 2.05) is 6.20 Å². The van der Waals surface area contributed by atoms with Gasteiger partial charge >= 0.3 is 0 Å². The maximum atomic E-state index is 4.60. The van der Waals surface area contributed by atoms with Crippen LogP contribution in [-0.4, -0.2) is 54.1 Å². The number of hydrogen-bond acceptors (Lipinski definition) is 4. The van der Waals surface area contributed by atoms with E-state index in [4.69, 9.17) is 0 Å². The molecule has 1 fully saturated rings. The number of rotatable bonds is 7. The molecule has 1 aliphatic heterocycles. The first-order valence-corrected chi connectivity index (χ1v) is 8.26. The molecule has 0 bridgehead atoms. The zero-order chi connectivity index (χ0) is 15.1. The number of hydrogen-bond donors (Lipinski definition) is 1. The van der Waals surface area contributed by atoms with Crippen molar-refractivity contribution in [2.24, 2.45) is 5.92 Å². The molecule has 0 aromatic carbocycles. The van der Waals surface area contributed by atoms with Crippen molar-refractivity contribution in [1.82, 2.24) is 20.1 Å². The fourth-order valence-corrected chi connectivity index (χ4v) is 2.80. The first-order chi connectivity index (χ1) is 10.2. The van der Waals surface area contributed by atoms with Crippen molar-refractivity contribution in [2.75, 3.05) is 39.3 Å². The van der Waals surface area contributed by atoms with Crippen molar-refractivity contribution in [3.8, 4) is 0 Å².